The Morgan fingerprint density at radius 1 is 0.441 bits per heavy atom. The number of carbonyl (C=O) groups excluding carboxylic acids is 2. The van der Waals surface area contributed by atoms with Gasteiger partial charge in [0.1, 0.15) is 0 Å². The molecular formula is C32H24O2. The molecule has 4 aromatic carbocycles. The van der Waals surface area contributed by atoms with Crippen LogP contribution in [0.25, 0.3) is 0 Å². The minimum atomic E-state index is -0.260. The van der Waals surface area contributed by atoms with E-state index in [4.69, 9.17) is 0 Å². The summed E-state index contributed by atoms with van der Waals surface area (Å²) in [5.41, 5.74) is 9.02. The van der Waals surface area contributed by atoms with Crippen LogP contribution in [0.1, 0.15) is 65.9 Å². The summed E-state index contributed by atoms with van der Waals surface area (Å²) in [5, 5.41) is 0. The number of benzene rings is 4. The third kappa shape index (κ3) is 2.88. The molecule has 0 amide bonds. The Labute approximate surface area is 199 Å². The fraction of sp³-hybridized carbons (Fsp3) is 0.125. The fourth-order valence-corrected chi connectivity index (χ4v) is 5.80. The van der Waals surface area contributed by atoms with E-state index >= 15 is 0 Å². The molecule has 2 aliphatic carbocycles. The van der Waals surface area contributed by atoms with Crippen molar-refractivity contribution in [2.45, 2.75) is 25.7 Å². The van der Waals surface area contributed by atoms with Crippen molar-refractivity contribution in [3.63, 3.8) is 0 Å². The van der Waals surface area contributed by atoms with E-state index in [-0.39, 0.29) is 23.4 Å². The Morgan fingerprint density at radius 2 is 0.765 bits per heavy atom. The van der Waals surface area contributed by atoms with E-state index in [1.165, 1.54) is 0 Å². The highest BCUT2D eigenvalue weighted by atomic mass is 16.1. The summed E-state index contributed by atoms with van der Waals surface area (Å²) in [6.45, 7) is 4.15. The predicted octanol–water partition coefficient (Wildman–Crippen LogP) is 6.96. The normalized spacial score (nSPS) is 21.0. The van der Waals surface area contributed by atoms with Gasteiger partial charge < -0.3 is 0 Å². The van der Waals surface area contributed by atoms with Gasteiger partial charge in [0.25, 0.3) is 0 Å². The maximum absolute atomic E-state index is 14.0. The van der Waals surface area contributed by atoms with Crippen LogP contribution in [0, 0.1) is 13.8 Å². The molecule has 4 aromatic rings. The zero-order chi connectivity index (χ0) is 23.4. The Balaban J connectivity index is 1.71. The number of carbonyl (C=O) groups is 2. The summed E-state index contributed by atoms with van der Waals surface area (Å²) in [6.07, 6.45) is 0. The van der Waals surface area contributed by atoms with Gasteiger partial charge in [0.15, 0.2) is 11.6 Å². The quantitative estimate of drug-likeness (QED) is 0.316. The Bertz CT molecular complexity index is 1410. The monoisotopic (exact) mass is 440 g/mol. The zero-order valence-corrected chi connectivity index (χ0v) is 19.2. The number of rotatable bonds is 2. The SMILES string of the molecule is Cc1ccccc1[C@@H]1/C(=C2\C(=O)c3ccccc3[C@@H]2c2ccccc2C)C(=O)c2ccccc21. The number of Topliss-reactive ketones (excluding diaryl/α,β-unsaturated/α-hetero) is 2. The first-order valence-electron chi connectivity index (χ1n) is 11.7. The van der Waals surface area contributed by atoms with Crippen LogP contribution in [0.15, 0.2) is 108 Å². The lowest BCUT2D eigenvalue weighted by molar-refractivity contribution is 0.100. The maximum atomic E-state index is 14.0. The average Bonchev–Trinajstić information content (AvgIpc) is 3.31. The Hall–Kier alpha value is -4.04. The smallest absolute Gasteiger partial charge is 0.190 e. The van der Waals surface area contributed by atoms with Crippen LogP contribution in [0.3, 0.4) is 0 Å². The van der Waals surface area contributed by atoms with Crippen molar-refractivity contribution in [2.24, 2.45) is 0 Å². The van der Waals surface area contributed by atoms with Gasteiger partial charge in [0.05, 0.1) is 0 Å². The standard InChI is InChI=1S/C32H24O2/c1-19-11-3-5-13-21(19)27-23-15-7-9-17-25(23)31(33)29(27)30-28(22-14-6-4-12-20(22)2)24-16-8-10-18-26(24)32(30)34/h3-18,27-28H,1-2H3/b30-29+/t27-,28-/m0/s1. The van der Waals surface area contributed by atoms with Crippen LogP contribution in [-0.4, -0.2) is 11.6 Å². The number of aryl methyl sites for hydroxylation is 2. The van der Waals surface area contributed by atoms with E-state index in [2.05, 4.69) is 38.1 Å². The van der Waals surface area contributed by atoms with E-state index in [9.17, 15) is 9.59 Å². The van der Waals surface area contributed by atoms with Gasteiger partial charge in [-0.2, -0.15) is 0 Å². The van der Waals surface area contributed by atoms with Gasteiger partial charge in [0, 0.05) is 34.1 Å². The number of hydrogen-bond acceptors (Lipinski definition) is 2. The fourth-order valence-electron chi connectivity index (χ4n) is 5.80. The first kappa shape index (κ1) is 20.6. The molecule has 0 unspecified atom stereocenters. The lowest BCUT2D eigenvalue weighted by Crippen LogP contribution is -2.14. The van der Waals surface area contributed by atoms with Crippen molar-refractivity contribution < 1.29 is 9.59 Å². The van der Waals surface area contributed by atoms with Crippen LogP contribution in [0.4, 0.5) is 0 Å². The molecule has 0 bridgehead atoms. The van der Waals surface area contributed by atoms with Crippen molar-refractivity contribution in [2.75, 3.05) is 0 Å². The topological polar surface area (TPSA) is 34.1 Å². The van der Waals surface area contributed by atoms with Gasteiger partial charge in [-0.05, 0) is 47.2 Å². The lowest BCUT2D eigenvalue weighted by Gasteiger charge is -2.22. The summed E-state index contributed by atoms with van der Waals surface area (Å²) < 4.78 is 0. The molecule has 0 N–H and O–H groups in total. The molecule has 0 heterocycles. The highest BCUT2D eigenvalue weighted by Gasteiger charge is 2.45. The average molecular weight is 441 g/mol. The van der Waals surface area contributed by atoms with Crippen molar-refractivity contribution in [3.8, 4) is 0 Å². The number of ketones is 2. The minimum Gasteiger partial charge on any atom is -0.289 e. The first-order chi connectivity index (χ1) is 16.6. The minimum absolute atomic E-state index is 0.0291. The summed E-state index contributed by atoms with van der Waals surface area (Å²) in [5.74, 6) is -0.577. The summed E-state index contributed by atoms with van der Waals surface area (Å²) in [6, 6.07) is 32.0. The van der Waals surface area contributed by atoms with Crippen molar-refractivity contribution >= 4 is 11.6 Å². The molecule has 2 atom stereocenters. The molecule has 6 rings (SSSR count). The van der Waals surface area contributed by atoms with Gasteiger partial charge in [-0.1, -0.05) is 97.1 Å². The van der Waals surface area contributed by atoms with Crippen LogP contribution < -0.4 is 0 Å². The van der Waals surface area contributed by atoms with E-state index in [0.717, 1.165) is 33.4 Å². The van der Waals surface area contributed by atoms with Crippen molar-refractivity contribution in [1.29, 1.82) is 0 Å². The Kier molecular flexibility index (Phi) is 4.70. The van der Waals surface area contributed by atoms with E-state index in [0.29, 0.717) is 22.3 Å². The number of fused-ring (bicyclic) bond motifs is 2. The molecule has 0 saturated heterocycles. The van der Waals surface area contributed by atoms with E-state index in [1.54, 1.807) is 0 Å². The molecule has 34 heavy (non-hydrogen) atoms. The van der Waals surface area contributed by atoms with E-state index < -0.39 is 0 Å². The van der Waals surface area contributed by atoms with Crippen LogP contribution in [0.2, 0.25) is 0 Å². The summed E-state index contributed by atoms with van der Waals surface area (Å²) >= 11 is 0. The van der Waals surface area contributed by atoms with Gasteiger partial charge in [-0.25, -0.2) is 0 Å². The largest absolute Gasteiger partial charge is 0.289 e. The third-order valence-corrected chi connectivity index (χ3v) is 7.39. The van der Waals surface area contributed by atoms with Crippen LogP contribution in [0.5, 0.6) is 0 Å². The molecule has 0 aromatic heterocycles. The predicted molar refractivity (Wildman–Crippen MR) is 135 cm³/mol. The van der Waals surface area contributed by atoms with Crippen molar-refractivity contribution in [3.05, 3.63) is 153 Å². The first-order valence-corrected chi connectivity index (χ1v) is 11.7. The van der Waals surface area contributed by atoms with Crippen molar-refractivity contribution in [1.82, 2.24) is 0 Å². The molecule has 2 aliphatic rings. The van der Waals surface area contributed by atoms with Crippen LogP contribution >= 0.6 is 0 Å². The molecule has 0 radical (unpaired) electrons. The highest BCUT2D eigenvalue weighted by Crippen LogP contribution is 2.51. The molecular weight excluding hydrogens is 416 g/mol. The summed E-state index contributed by atoms with van der Waals surface area (Å²) in [4.78, 5) is 28.1. The zero-order valence-electron chi connectivity index (χ0n) is 19.2. The van der Waals surface area contributed by atoms with Gasteiger partial charge in [-0.3, -0.25) is 9.59 Å². The third-order valence-electron chi connectivity index (χ3n) is 7.39. The van der Waals surface area contributed by atoms with Gasteiger partial charge >= 0.3 is 0 Å². The Morgan fingerprint density at radius 3 is 1.15 bits per heavy atom. The lowest BCUT2D eigenvalue weighted by atomic mass is 9.79. The molecule has 0 aliphatic heterocycles. The number of hydrogen-bond donors (Lipinski definition) is 0. The van der Waals surface area contributed by atoms with Gasteiger partial charge in [0.2, 0.25) is 0 Å². The number of allylic oxidation sites excluding steroid dienone is 2. The molecule has 0 spiro atoms. The van der Waals surface area contributed by atoms with Crippen LogP contribution in [-0.2, 0) is 0 Å². The molecule has 0 fully saturated rings. The van der Waals surface area contributed by atoms with E-state index in [1.807, 2.05) is 72.8 Å². The molecule has 0 saturated carbocycles. The molecule has 2 nitrogen and oxygen atoms in total. The second kappa shape index (κ2) is 7.78. The molecule has 164 valence electrons. The highest BCUT2D eigenvalue weighted by molar-refractivity contribution is 6.24. The van der Waals surface area contributed by atoms with Gasteiger partial charge in [-0.15, -0.1) is 0 Å². The maximum Gasteiger partial charge on any atom is 0.190 e. The summed E-state index contributed by atoms with van der Waals surface area (Å²) in [7, 11) is 0. The molecule has 2 heteroatoms. The second-order valence-electron chi connectivity index (χ2n) is 9.24. The second-order valence-corrected chi connectivity index (χ2v) is 9.24.